The Morgan fingerprint density at radius 3 is 2.57 bits per heavy atom. The van der Waals surface area contributed by atoms with Crippen LogP contribution in [0.5, 0.6) is 0 Å². The van der Waals surface area contributed by atoms with Crippen molar-refractivity contribution in [2.75, 3.05) is 18.0 Å². The molecule has 0 radical (unpaired) electrons. The predicted molar refractivity (Wildman–Crippen MR) is 109 cm³/mol. The second-order valence-electron chi connectivity index (χ2n) is 7.97. The van der Waals surface area contributed by atoms with Crippen molar-refractivity contribution in [1.29, 1.82) is 0 Å². The third-order valence-corrected chi connectivity index (χ3v) is 6.97. The third-order valence-electron chi connectivity index (χ3n) is 6.21. The molecule has 2 aromatic heterocycles. The first-order valence-corrected chi connectivity index (χ1v) is 10.9. The molecule has 1 aliphatic heterocycles. The summed E-state index contributed by atoms with van der Waals surface area (Å²) in [5.74, 6) is -1.81. The van der Waals surface area contributed by atoms with E-state index in [2.05, 4.69) is 10.3 Å². The lowest BCUT2D eigenvalue weighted by molar-refractivity contribution is -0.154. The van der Waals surface area contributed by atoms with E-state index >= 15 is 0 Å². The van der Waals surface area contributed by atoms with Gasteiger partial charge in [0.05, 0.1) is 11.6 Å². The monoisotopic (exact) mass is 434 g/mol. The second-order valence-corrected chi connectivity index (χ2v) is 8.84. The molecule has 0 bridgehead atoms. The van der Waals surface area contributed by atoms with E-state index < -0.39 is 12.1 Å². The van der Waals surface area contributed by atoms with Crippen molar-refractivity contribution in [2.45, 2.75) is 26.1 Å². The zero-order chi connectivity index (χ0) is 21.0. The number of anilines is 1. The van der Waals surface area contributed by atoms with Gasteiger partial charge in [-0.3, -0.25) is 9.20 Å². The molecule has 5 nitrogen and oxygen atoms in total. The minimum absolute atomic E-state index is 0.167. The molecule has 2 unspecified atom stereocenters. The van der Waals surface area contributed by atoms with Crippen LogP contribution in [0, 0.1) is 17.8 Å². The SMILES string of the molecule is CCc1nc2sccn2c1C(=O)NCc1ccc(N2CC3C(C2)C3C(F)(F)F)cc1. The molecule has 0 spiro atoms. The summed E-state index contributed by atoms with van der Waals surface area (Å²) in [5.41, 5.74) is 3.22. The number of carbonyl (C=O) groups is 1. The molecule has 2 fully saturated rings. The van der Waals surface area contributed by atoms with Crippen LogP contribution in [0.2, 0.25) is 0 Å². The zero-order valence-electron chi connectivity index (χ0n) is 16.3. The Balaban J connectivity index is 1.20. The van der Waals surface area contributed by atoms with Crippen molar-refractivity contribution in [3.8, 4) is 0 Å². The van der Waals surface area contributed by atoms with E-state index in [1.165, 1.54) is 11.3 Å². The van der Waals surface area contributed by atoms with Crippen molar-refractivity contribution in [3.05, 3.63) is 52.8 Å². The van der Waals surface area contributed by atoms with Crippen LogP contribution < -0.4 is 10.2 Å². The number of piperidine rings is 1. The van der Waals surface area contributed by atoms with E-state index in [1.54, 1.807) is 0 Å². The summed E-state index contributed by atoms with van der Waals surface area (Å²) >= 11 is 1.49. The molecule has 2 atom stereocenters. The molecule has 30 heavy (non-hydrogen) atoms. The van der Waals surface area contributed by atoms with Gasteiger partial charge in [0, 0.05) is 36.9 Å². The molecule has 2 aliphatic rings. The summed E-state index contributed by atoms with van der Waals surface area (Å²) < 4.78 is 40.4. The first-order valence-electron chi connectivity index (χ1n) is 10.00. The fraction of sp³-hybridized carbons (Fsp3) is 0.429. The fourth-order valence-electron chi connectivity index (χ4n) is 4.63. The average Bonchev–Trinajstić information content (AvgIpc) is 3.08. The first kappa shape index (κ1) is 19.4. The number of fused-ring (bicyclic) bond motifs is 2. The topological polar surface area (TPSA) is 49.6 Å². The van der Waals surface area contributed by atoms with Crippen LogP contribution in [0.1, 0.15) is 28.7 Å². The van der Waals surface area contributed by atoms with Gasteiger partial charge >= 0.3 is 6.18 Å². The standard InChI is InChI=1S/C21H21F3N4OS/c1-2-16-18(28-7-8-30-20(28)26-16)19(29)25-9-12-3-5-13(6-4-12)27-10-14-15(11-27)17(14)21(22,23)24/h3-8,14-15,17H,2,9-11H2,1H3,(H,25,29). The second kappa shape index (κ2) is 7.01. The number of hydrogen-bond acceptors (Lipinski definition) is 4. The first-order chi connectivity index (χ1) is 14.4. The van der Waals surface area contributed by atoms with Gasteiger partial charge in [-0.05, 0) is 36.0 Å². The van der Waals surface area contributed by atoms with Crippen LogP contribution in [-0.2, 0) is 13.0 Å². The molecule has 1 N–H and O–H groups in total. The Morgan fingerprint density at radius 1 is 1.23 bits per heavy atom. The quantitative estimate of drug-likeness (QED) is 0.657. The highest BCUT2D eigenvalue weighted by Crippen LogP contribution is 2.59. The molecule has 1 amide bonds. The Hall–Kier alpha value is -2.55. The number of hydrogen-bond donors (Lipinski definition) is 1. The van der Waals surface area contributed by atoms with Gasteiger partial charge in [-0.1, -0.05) is 19.1 Å². The minimum atomic E-state index is -4.06. The highest BCUT2D eigenvalue weighted by atomic mass is 32.1. The van der Waals surface area contributed by atoms with Crippen molar-refractivity contribution in [1.82, 2.24) is 14.7 Å². The summed E-state index contributed by atoms with van der Waals surface area (Å²) in [4.78, 5) is 20.1. The van der Waals surface area contributed by atoms with Crippen LogP contribution in [0.25, 0.3) is 4.96 Å². The number of aromatic nitrogens is 2. The fourth-order valence-corrected chi connectivity index (χ4v) is 5.36. The Bertz CT molecular complexity index is 1080. The van der Waals surface area contributed by atoms with Crippen molar-refractivity contribution in [2.24, 2.45) is 17.8 Å². The largest absolute Gasteiger partial charge is 0.392 e. The van der Waals surface area contributed by atoms with Crippen LogP contribution in [0.4, 0.5) is 18.9 Å². The Morgan fingerprint density at radius 2 is 1.93 bits per heavy atom. The van der Waals surface area contributed by atoms with Crippen LogP contribution in [-0.4, -0.2) is 34.6 Å². The van der Waals surface area contributed by atoms with Gasteiger partial charge in [0.25, 0.3) is 5.91 Å². The van der Waals surface area contributed by atoms with E-state index in [1.807, 2.05) is 52.1 Å². The molecular formula is C21H21F3N4OS. The smallest absolute Gasteiger partial charge is 0.371 e. The third kappa shape index (κ3) is 3.25. The predicted octanol–water partition coefficient (Wildman–Crippen LogP) is 4.13. The lowest BCUT2D eigenvalue weighted by Gasteiger charge is -2.23. The molecule has 1 saturated carbocycles. The lowest BCUT2D eigenvalue weighted by atomic mass is 10.1. The van der Waals surface area contributed by atoms with Gasteiger partial charge < -0.3 is 10.2 Å². The van der Waals surface area contributed by atoms with Crippen molar-refractivity contribution >= 4 is 27.9 Å². The van der Waals surface area contributed by atoms with E-state index in [9.17, 15) is 18.0 Å². The number of amides is 1. The number of alkyl halides is 3. The highest BCUT2D eigenvalue weighted by molar-refractivity contribution is 7.15. The van der Waals surface area contributed by atoms with Gasteiger partial charge in [-0.2, -0.15) is 13.2 Å². The summed E-state index contributed by atoms with van der Waals surface area (Å²) in [7, 11) is 0. The molecule has 9 heteroatoms. The van der Waals surface area contributed by atoms with Gasteiger partial charge in [-0.25, -0.2) is 4.98 Å². The van der Waals surface area contributed by atoms with Gasteiger partial charge in [0.1, 0.15) is 5.69 Å². The number of nitrogens with zero attached hydrogens (tertiary/aromatic N) is 3. The number of halogens is 3. The maximum absolute atomic E-state index is 12.9. The molecule has 158 valence electrons. The molecular weight excluding hydrogens is 413 g/mol. The molecule has 3 heterocycles. The molecule has 1 aliphatic carbocycles. The summed E-state index contributed by atoms with van der Waals surface area (Å²) in [6.07, 6.45) is -1.54. The van der Waals surface area contributed by atoms with E-state index in [4.69, 9.17) is 0 Å². The summed E-state index contributed by atoms with van der Waals surface area (Å²) in [6.45, 7) is 3.27. The van der Waals surface area contributed by atoms with Crippen LogP contribution >= 0.6 is 11.3 Å². The number of rotatable bonds is 5. The number of nitrogens with one attached hydrogen (secondary N) is 1. The van der Waals surface area contributed by atoms with Gasteiger partial charge in [0.15, 0.2) is 4.96 Å². The number of imidazole rings is 1. The minimum Gasteiger partial charge on any atom is -0.371 e. The summed E-state index contributed by atoms with van der Waals surface area (Å²) in [5, 5.41) is 4.85. The number of carbonyl (C=O) groups excluding carboxylic acids is 1. The Kier molecular flexibility index (Phi) is 4.53. The van der Waals surface area contributed by atoms with Crippen LogP contribution in [0.15, 0.2) is 35.8 Å². The maximum Gasteiger partial charge on any atom is 0.392 e. The maximum atomic E-state index is 12.9. The lowest BCUT2D eigenvalue weighted by Crippen LogP contribution is -2.28. The summed E-state index contributed by atoms with van der Waals surface area (Å²) in [6, 6.07) is 7.67. The highest BCUT2D eigenvalue weighted by Gasteiger charge is 2.67. The van der Waals surface area contributed by atoms with E-state index in [0.29, 0.717) is 31.7 Å². The number of thiazole rings is 1. The van der Waals surface area contributed by atoms with Crippen molar-refractivity contribution in [3.63, 3.8) is 0 Å². The van der Waals surface area contributed by atoms with Crippen molar-refractivity contribution < 1.29 is 18.0 Å². The van der Waals surface area contributed by atoms with Gasteiger partial charge in [0.2, 0.25) is 0 Å². The van der Waals surface area contributed by atoms with Gasteiger partial charge in [-0.15, -0.1) is 11.3 Å². The zero-order valence-corrected chi connectivity index (χ0v) is 17.1. The Labute approximate surface area is 175 Å². The molecule has 1 saturated heterocycles. The number of aryl methyl sites for hydroxylation is 1. The molecule has 3 aromatic rings. The van der Waals surface area contributed by atoms with E-state index in [0.717, 1.165) is 21.9 Å². The molecule has 1 aromatic carbocycles. The number of benzene rings is 1. The van der Waals surface area contributed by atoms with Crippen LogP contribution in [0.3, 0.4) is 0 Å². The average molecular weight is 434 g/mol. The van der Waals surface area contributed by atoms with E-state index in [-0.39, 0.29) is 17.7 Å². The normalized spacial score (nSPS) is 23.1. The molecule has 5 rings (SSSR count).